The number of nitrogens with zero attached hydrogens (tertiary/aromatic N) is 4. The van der Waals surface area contributed by atoms with Gasteiger partial charge in [-0.25, -0.2) is 9.59 Å². The molecule has 20 heteroatoms. The van der Waals surface area contributed by atoms with Crippen molar-refractivity contribution in [2.75, 3.05) is 11.5 Å². The van der Waals surface area contributed by atoms with Gasteiger partial charge in [0.25, 0.3) is 0 Å². The van der Waals surface area contributed by atoms with Crippen molar-refractivity contribution in [3.8, 4) is 0 Å². The van der Waals surface area contributed by atoms with E-state index >= 15 is 8.78 Å². The van der Waals surface area contributed by atoms with Crippen LogP contribution in [0, 0.1) is 0 Å². The average Bonchev–Trinajstić information content (AvgIpc) is 3.37. The monoisotopic (exact) mass is 666 g/mol. The minimum Gasteiger partial charge on any atom is -0.460 e. The van der Waals surface area contributed by atoms with Gasteiger partial charge in [0.15, 0.2) is 12.2 Å². The van der Waals surface area contributed by atoms with Crippen LogP contribution in [0.3, 0.4) is 0 Å². The molecule has 0 bridgehead atoms. The van der Waals surface area contributed by atoms with Crippen molar-refractivity contribution in [2.45, 2.75) is 101 Å². The normalized spacial score (nSPS) is 27.6. The van der Waals surface area contributed by atoms with Crippen molar-refractivity contribution in [1.29, 1.82) is 0 Å². The summed E-state index contributed by atoms with van der Waals surface area (Å²) in [6.45, 7) is 5.53. The molecule has 2 saturated heterocycles. The summed E-state index contributed by atoms with van der Waals surface area (Å²) >= 11 is 0. The van der Waals surface area contributed by atoms with Crippen LogP contribution in [0.1, 0.15) is 53.0 Å². The van der Waals surface area contributed by atoms with Crippen molar-refractivity contribution in [3.05, 3.63) is 45.5 Å². The summed E-state index contributed by atoms with van der Waals surface area (Å²) in [6, 6.07) is 2.31. The van der Waals surface area contributed by atoms with Crippen LogP contribution < -0.4 is 22.8 Å². The van der Waals surface area contributed by atoms with E-state index in [1.165, 1.54) is 27.7 Å². The number of rotatable bonds is 8. The lowest BCUT2D eigenvalue weighted by Gasteiger charge is -2.26. The second kappa shape index (κ2) is 14.1. The number of halogens is 4. The number of anilines is 2. The van der Waals surface area contributed by atoms with E-state index in [0.29, 0.717) is 9.13 Å². The molecule has 2 aromatic heterocycles. The highest BCUT2D eigenvalue weighted by atomic mass is 19.3. The summed E-state index contributed by atoms with van der Waals surface area (Å²) in [5.41, 5.74) is 8.54. The number of aliphatic hydroxyl groups excluding tert-OH is 2. The van der Waals surface area contributed by atoms with E-state index < -0.39 is 84.2 Å². The lowest BCUT2D eigenvalue weighted by molar-refractivity contribution is -0.178. The van der Waals surface area contributed by atoms with Crippen molar-refractivity contribution >= 4 is 23.6 Å². The first-order valence-electron chi connectivity index (χ1n) is 13.9. The minimum absolute atomic E-state index is 0.0254. The lowest BCUT2D eigenvalue weighted by Crippen LogP contribution is -2.46. The van der Waals surface area contributed by atoms with E-state index in [4.69, 9.17) is 30.4 Å². The van der Waals surface area contributed by atoms with Gasteiger partial charge < -0.3 is 40.6 Å². The molecule has 2 aliphatic heterocycles. The Labute approximate surface area is 257 Å². The Morgan fingerprint density at radius 3 is 1.78 bits per heavy atom. The second-order valence-electron chi connectivity index (χ2n) is 10.3. The van der Waals surface area contributed by atoms with E-state index in [2.05, 4.69) is 9.97 Å². The number of ether oxygens (including phenoxy) is 4. The van der Waals surface area contributed by atoms with Gasteiger partial charge in [-0.3, -0.25) is 18.7 Å². The highest BCUT2D eigenvalue weighted by Gasteiger charge is 2.64. The van der Waals surface area contributed by atoms with Gasteiger partial charge >= 0.3 is 35.2 Å². The molecule has 0 radical (unpaired) electrons. The van der Waals surface area contributed by atoms with E-state index in [-0.39, 0.29) is 24.5 Å². The molecular formula is C26H34F4N6O10. The Bertz CT molecular complexity index is 1520. The molecule has 8 atom stereocenters. The summed E-state index contributed by atoms with van der Waals surface area (Å²) in [4.78, 5) is 53.3. The van der Waals surface area contributed by atoms with Crippen LogP contribution in [0.2, 0.25) is 0 Å². The van der Waals surface area contributed by atoms with E-state index in [0.717, 1.165) is 24.5 Å². The SMILES string of the molecule is CC(O)[C@H]1O[C@@H](n2ccc(N)nc2=O)C(F)(F)[C@@H]1O.CCC(=O)OC(C)[C@H]1O[C@@H](n2ccc(N)nc2=O)C(F)(F)[C@@H]1OC(=O)CC. The Balaban J connectivity index is 0.000000266. The van der Waals surface area contributed by atoms with Gasteiger partial charge in [-0.2, -0.15) is 27.5 Å². The largest absolute Gasteiger partial charge is 0.460 e. The van der Waals surface area contributed by atoms with Crippen molar-refractivity contribution in [1.82, 2.24) is 19.1 Å². The Morgan fingerprint density at radius 1 is 0.913 bits per heavy atom. The number of carbonyl (C=O) groups excluding carboxylic acids is 2. The number of nitrogens with two attached hydrogens (primary N) is 2. The molecule has 0 saturated carbocycles. The molecule has 0 aromatic carbocycles. The molecule has 4 rings (SSSR count). The average molecular weight is 667 g/mol. The van der Waals surface area contributed by atoms with E-state index in [1.807, 2.05) is 0 Å². The second-order valence-corrected chi connectivity index (χ2v) is 10.3. The van der Waals surface area contributed by atoms with Crippen LogP contribution in [-0.2, 0) is 28.5 Å². The molecule has 0 spiro atoms. The van der Waals surface area contributed by atoms with Crippen LogP contribution in [-0.4, -0.2) is 89.7 Å². The third-order valence-electron chi connectivity index (χ3n) is 6.91. The standard InChI is InChI=1S/C16H21F2N3O6.C10H13F2N3O4/c1-4-10(22)25-8(3)12-13(26-11(23)5-2)16(17,18)14(27-12)21-7-6-9(19)20-15(21)24;1-4(16)6-7(17)10(11,12)8(19-6)15-3-2-5(13)14-9(15)18/h6-8,12-14H,4-5H2,1-3H3,(H2,19,20,24);2-4,6-8,16-17H,1H3,(H2,13,14,18)/t8?,12-,13-,14-;4?,6-,7-,8-/m11/s1. The number of aliphatic hydroxyl groups is 2. The number of aromatic nitrogens is 4. The molecule has 46 heavy (non-hydrogen) atoms. The Hall–Kier alpha value is -4.14. The number of nitrogen functional groups attached to an aromatic ring is 2. The zero-order chi connectivity index (χ0) is 34.7. The molecule has 0 amide bonds. The van der Waals surface area contributed by atoms with Crippen molar-refractivity contribution in [2.24, 2.45) is 0 Å². The topological polar surface area (TPSA) is 233 Å². The molecule has 2 fully saturated rings. The number of esters is 2. The highest BCUT2D eigenvalue weighted by molar-refractivity contribution is 5.70. The number of carbonyl (C=O) groups is 2. The molecule has 2 aromatic rings. The Kier molecular flexibility index (Phi) is 11.1. The van der Waals surface area contributed by atoms with Gasteiger partial charge in [0.1, 0.15) is 29.9 Å². The number of hydrogen-bond donors (Lipinski definition) is 4. The quantitative estimate of drug-likeness (QED) is 0.217. The summed E-state index contributed by atoms with van der Waals surface area (Å²) < 4.78 is 79.0. The molecule has 16 nitrogen and oxygen atoms in total. The smallest absolute Gasteiger partial charge is 0.351 e. The van der Waals surface area contributed by atoms with Crippen LogP contribution in [0.25, 0.3) is 0 Å². The third-order valence-corrected chi connectivity index (χ3v) is 6.91. The first-order valence-corrected chi connectivity index (χ1v) is 13.9. The molecule has 2 aliphatic rings. The lowest BCUT2D eigenvalue weighted by atomic mass is 10.0. The van der Waals surface area contributed by atoms with Crippen LogP contribution in [0.5, 0.6) is 0 Å². The summed E-state index contributed by atoms with van der Waals surface area (Å²) in [6.07, 6.45) is -12.0. The Morgan fingerprint density at radius 2 is 1.37 bits per heavy atom. The minimum atomic E-state index is -3.79. The fourth-order valence-corrected chi connectivity index (χ4v) is 4.52. The van der Waals surface area contributed by atoms with Gasteiger partial charge in [-0.1, -0.05) is 13.8 Å². The molecule has 256 valence electrons. The van der Waals surface area contributed by atoms with Crippen LogP contribution in [0.4, 0.5) is 29.2 Å². The maximum atomic E-state index is 15.0. The number of hydrogen-bond acceptors (Lipinski definition) is 14. The predicted molar refractivity (Wildman–Crippen MR) is 147 cm³/mol. The van der Waals surface area contributed by atoms with Gasteiger partial charge in [0.05, 0.1) is 6.10 Å². The zero-order valence-electron chi connectivity index (χ0n) is 25.0. The third kappa shape index (κ3) is 7.45. The fraction of sp³-hybridized carbons (Fsp3) is 0.615. The molecule has 2 unspecified atom stereocenters. The zero-order valence-corrected chi connectivity index (χ0v) is 25.0. The fourth-order valence-electron chi connectivity index (χ4n) is 4.52. The predicted octanol–water partition coefficient (Wildman–Crippen LogP) is 0.122. The highest BCUT2D eigenvalue weighted by Crippen LogP contribution is 2.46. The first-order chi connectivity index (χ1) is 21.4. The molecule has 0 aliphatic carbocycles. The maximum Gasteiger partial charge on any atom is 0.351 e. The van der Waals surface area contributed by atoms with Crippen LogP contribution >= 0.6 is 0 Å². The molecular weight excluding hydrogens is 632 g/mol. The summed E-state index contributed by atoms with van der Waals surface area (Å²) in [5, 5.41) is 18.8. The summed E-state index contributed by atoms with van der Waals surface area (Å²) in [5.74, 6) is -9.30. The number of alkyl halides is 4. The van der Waals surface area contributed by atoms with Gasteiger partial charge in [-0.05, 0) is 26.0 Å². The van der Waals surface area contributed by atoms with Gasteiger partial charge in [0, 0.05) is 25.2 Å². The van der Waals surface area contributed by atoms with Crippen molar-refractivity contribution in [3.63, 3.8) is 0 Å². The van der Waals surface area contributed by atoms with Gasteiger partial charge in [0.2, 0.25) is 12.5 Å². The van der Waals surface area contributed by atoms with Gasteiger partial charge in [-0.15, -0.1) is 0 Å². The van der Waals surface area contributed by atoms with E-state index in [1.54, 1.807) is 0 Å². The first kappa shape index (κ1) is 36.3. The molecule has 4 heterocycles. The summed E-state index contributed by atoms with van der Waals surface area (Å²) in [7, 11) is 0. The molecule has 6 N–H and O–H groups in total. The van der Waals surface area contributed by atoms with Crippen LogP contribution in [0.15, 0.2) is 34.1 Å². The van der Waals surface area contributed by atoms with E-state index in [9.17, 15) is 38.2 Å². The maximum absolute atomic E-state index is 15.0. The van der Waals surface area contributed by atoms with Crippen molar-refractivity contribution < 1.29 is 56.3 Å².